The van der Waals surface area contributed by atoms with Gasteiger partial charge >= 0.3 is 6.09 Å². The maximum absolute atomic E-state index is 15.4. The number of hydrogen-bond acceptors (Lipinski definition) is 5. The van der Waals surface area contributed by atoms with Crippen LogP contribution < -0.4 is 0 Å². The normalized spacial score (nSPS) is 45.3. The van der Waals surface area contributed by atoms with Crippen molar-refractivity contribution in [2.24, 2.45) is 74.4 Å². The van der Waals surface area contributed by atoms with Crippen molar-refractivity contribution < 1.29 is 24.5 Å². The second-order valence-corrected chi connectivity index (χ2v) is 24.6. The lowest BCUT2D eigenvalue weighted by atomic mass is 9.32. The van der Waals surface area contributed by atoms with Gasteiger partial charge in [-0.15, -0.1) is 0 Å². The molecule has 0 radical (unpaired) electrons. The molecule has 11 atom stereocenters. The predicted molar refractivity (Wildman–Crippen MR) is 249 cm³/mol. The number of amides is 1. The number of nitrogens with zero attached hydrogens (tertiary/aromatic N) is 1. The number of ketones is 1. The Bertz CT molecular complexity index is 2140. The third kappa shape index (κ3) is 6.42. The summed E-state index contributed by atoms with van der Waals surface area (Å²) in [4.78, 5) is 32.6. The van der Waals surface area contributed by atoms with Gasteiger partial charge in [-0.05, 0) is 166 Å². The average molecular weight is 854 g/mol. The van der Waals surface area contributed by atoms with E-state index in [1.807, 2.05) is 30.3 Å². The molecule has 0 aliphatic heterocycles. The SMILES string of the molecule is CC1CCC(C(C)C)C(OC(=O)N(CC23CC4CC(CC(C4)C2)C3)CC2(O)CCC3C45C=CC6(C=C4C(=O)c4ccc(-c7ccccc7)cc4)CC(O)CCC6(C)C5CCC32C)C1. The molecule has 8 fully saturated rings. The van der Waals surface area contributed by atoms with Crippen molar-refractivity contribution in [3.05, 3.63) is 84.0 Å². The smallest absolute Gasteiger partial charge is 0.410 e. The van der Waals surface area contributed by atoms with Gasteiger partial charge in [0.2, 0.25) is 0 Å². The number of benzene rings is 2. The van der Waals surface area contributed by atoms with Gasteiger partial charge in [-0.1, -0.05) is 114 Å². The third-order valence-corrected chi connectivity index (χ3v) is 20.8. The van der Waals surface area contributed by atoms with Crippen LogP contribution in [-0.4, -0.2) is 57.9 Å². The number of rotatable bonds is 9. The van der Waals surface area contributed by atoms with Gasteiger partial charge in [-0.3, -0.25) is 4.79 Å². The van der Waals surface area contributed by atoms with E-state index in [-0.39, 0.29) is 40.6 Å². The van der Waals surface area contributed by atoms with Gasteiger partial charge in [0.25, 0.3) is 0 Å². The van der Waals surface area contributed by atoms with E-state index < -0.39 is 27.9 Å². The zero-order chi connectivity index (χ0) is 43.7. The summed E-state index contributed by atoms with van der Waals surface area (Å²) in [6.45, 7) is 12.6. The molecule has 2 aromatic carbocycles. The number of allylic oxidation sites excluding steroid dienone is 4. The van der Waals surface area contributed by atoms with Gasteiger partial charge in [-0.2, -0.15) is 0 Å². The van der Waals surface area contributed by atoms with Crippen molar-refractivity contribution in [2.45, 2.75) is 155 Å². The first-order valence-electron chi connectivity index (χ1n) is 25.6. The van der Waals surface area contributed by atoms with E-state index in [0.717, 1.165) is 79.4 Å². The number of Topliss-reactive ketones (excluding diaryl/α,β-unsaturated/α-hetero) is 1. The zero-order valence-electron chi connectivity index (χ0n) is 39.0. The van der Waals surface area contributed by atoms with E-state index in [0.29, 0.717) is 49.2 Å². The molecule has 2 spiro atoms. The fourth-order valence-electron chi connectivity index (χ4n) is 18.0. The molecular formula is C57H75NO5. The fraction of sp³-hybridized carbons (Fsp3) is 0.684. The minimum absolute atomic E-state index is 0.0210. The Hall–Kier alpha value is -3.22. The molecule has 8 saturated carbocycles. The van der Waals surface area contributed by atoms with E-state index in [9.17, 15) is 10.2 Å². The molecule has 2 N–H and O–H groups in total. The van der Waals surface area contributed by atoms with Gasteiger partial charge in [0, 0.05) is 33.9 Å². The molecule has 11 aliphatic rings. The minimum Gasteiger partial charge on any atom is -0.446 e. The van der Waals surface area contributed by atoms with Crippen molar-refractivity contribution in [2.75, 3.05) is 13.1 Å². The molecule has 6 heteroatoms. The summed E-state index contributed by atoms with van der Waals surface area (Å²) in [6, 6.07) is 18.5. The highest BCUT2D eigenvalue weighted by molar-refractivity contribution is 6.10. The Labute approximate surface area is 377 Å². The molecule has 11 unspecified atom stereocenters. The number of fused-ring (bicyclic) bond motifs is 1. The Kier molecular flexibility index (Phi) is 10.0. The summed E-state index contributed by atoms with van der Waals surface area (Å²) < 4.78 is 6.77. The van der Waals surface area contributed by atoms with Gasteiger partial charge < -0.3 is 19.8 Å². The highest BCUT2D eigenvalue weighted by atomic mass is 16.6. The molecule has 6 bridgehead atoms. The van der Waals surface area contributed by atoms with Crippen molar-refractivity contribution in [1.29, 1.82) is 0 Å². The number of carbonyl (C=O) groups excluding carboxylic acids is 2. The molecule has 2 aromatic rings. The zero-order valence-corrected chi connectivity index (χ0v) is 39.0. The van der Waals surface area contributed by atoms with Crippen LogP contribution in [0.2, 0.25) is 0 Å². The summed E-state index contributed by atoms with van der Waals surface area (Å²) in [7, 11) is 0. The second-order valence-electron chi connectivity index (χ2n) is 24.6. The Morgan fingerprint density at radius 3 is 2.06 bits per heavy atom. The second kappa shape index (κ2) is 14.9. The van der Waals surface area contributed by atoms with Crippen LogP contribution in [-0.2, 0) is 4.74 Å². The minimum atomic E-state index is -1.13. The van der Waals surface area contributed by atoms with E-state index in [1.165, 1.54) is 44.9 Å². The average Bonchev–Trinajstić information content (AvgIpc) is 3.52. The maximum atomic E-state index is 15.4. The number of carbonyl (C=O) groups is 2. The van der Waals surface area contributed by atoms with E-state index >= 15 is 9.59 Å². The lowest BCUT2D eigenvalue weighted by molar-refractivity contribution is -0.177. The largest absolute Gasteiger partial charge is 0.446 e. The van der Waals surface area contributed by atoms with Crippen LogP contribution in [0.25, 0.3) is 11.1 Å². The third-order valence-electron chi connectivity index (χ3n) is 20.8. The quantitative estimate of drug-likeness (QED) is 0.194. The van der Waals surface area contributed by atoms with Crippen molar-refractivity contribution in [3.63, 3.8) is 0 Å². The summed E-state index contributed by atoms with van der Waals surface area (Å²) in [5.41, 5.74) is 1.17. The highest BCUT2D eigenvalue weighted by Gasteiger charge is 2.75. The molecule has 63 heavy (non-hydrogen) atoms. The Morgan fingerprint density at radius 1 is 0.746 bits per heavy atom. The van der Waals surface area contributed by atoms with Crippen LogP contribution in [0.1, 0.15) is 148 Å². The van der Waals surface area contributed by atoms with Gasteiger partial charge in [0.1, 0.15) is 6.10 Å². The van der Waals surface area contributed by atoms with Crippen LogP contribution in [0.4, 0.5) is 4.79 Å². The van der Waals surface area contributed by atoms with Crippen LogP contribution in [0.3, 0.4) is 0 Å². The van der Waals surface area contributed by atoms with E-state index in [4.69, 9.17) is 4.74 Å². The van der Waals surface area contributed by atoms with Crippen LogP contribution in [0, 0.1) is 74.4 Å². The fourth-order valence-corrected chi connectivity index (χ4v) is 18.0. The monoisotopic (exact) mass is 854 g/mol. The molecule has 11 aliphatic carbocycles. The van der Waals surface area contributed by atoms with Gasteiger partial charge in [0.05, 0.1) is 18.2 Å². The molecular weight excluding hydrogens is 779 g/mol. The van der Waals surface area contributed by atoms with Gasteiger partial charge in [0.15, 0.2) is 5.78 Å². The molecule has 338 valence electrons. The molecule has 0 heterocycles. The highest BCUT2D eigenvalue weighted by Crippen LogP contribution is 2.78. The maximum Gasteiger partial charge on any atom is 0.410 e. The van der Waals surface area contributed by atoms with Crippen LogP contribution >= 0.6 is 0 Å². The standard InChI is InChI=1S/C57H75NO5/c1-36(2)45-16-11-37(3)25-47(45)63-51(61)58(34-54-29-38-26-39(30-54)28-40(27-38)31-54)35-56(62)22-19-49-53(56,5)21-18-48-52(4)20-17-44(59)32-55(52)23-24-57(48,49)46(33-55)50(60)43-14-12-42(13-15-43)41-9-7-6-8-10-41/h6-10,12-15,23-24,33,36-40,44-45,47-49,59,62H,11,16-22,25-32,34-35H2,1-5H3. The Balaban J connectivity index is 0.953. The Morgan fingerprint density at radius 2 is 1.38 bits per heavy atom. The van der Waals surface area contributed by atoms with E-state index in [1.54, 1.807) is 0 Å². The van der Waals surface area contributed by atoms with E-state index in [2.05, 4.69) is 82.0 Å². The summed E-state index contributed by atoms with van der Waals surface area (Å²) in [5.74, 6) is 3.94. The lowest BCUT2D eigenvalue weighted by Crippen LogP contribution is -2.67. The molecule has 1 amide bonds. The molecule has 6 nitrogen and oxygen atoms in total. The van der Waals surface area contributed by atoms with Crippen molar-refractivity contribution in [3.8, 4) is 11.1 Å². The van der Waals surface area contributed by atoms with Crippen LogP contribution in [0.15, 0.2) is 78.4 Å². The van der Waals surface area contributed by atoms with Crippen molar-refractivity contribution in [1.82, 2.24) is 4.90 Å². The molecule has 13 rings (SSSR count). The summed E-state index contributed by atoms with van der Waals surface area (Å²) >= 11 is 0. The number of aliphatic hydroxyl groups is 2. The molecule has 0 saturated heterocycles. The molecule has 0 aromatic heterocycles. The van der Waals surface area contributed by atoms with Gasteiger partial charge in [-0.25, -0.2) is 4.79 Å². The van der Waals surface area contributed by atoms with Crippen LogP contribution in [0.5, 0.6) is 0 Å². The lowest BCUT2D eigenvalue weighted by Gasteiger charge is -2.71. The predicted octanol–water partition coefficient (Wildman–Crippen LogP) is 12.2. The van der Waals surface area contributed by atoms with Crippen molar-refractivity contribution >= 4 is 11.9 Å². The first-order chi connectivity index (χ1) is 30.1. The summed E-state index contributed by atoms with van der Waals surface area (Å²) in [6.07, 6.45) is 22.8. The number of aliphatic hydroxyl groups excluding tert-OH is 1. The summed E-state index contributed by atoms with van der Waals surface area (Å²) in [5, 5.41) is 24.9. The first-order valence-corrected chi connectivity index (χ1v) is 25.6. The first kappa shape index (κ1) is 42.4. The topological polar surface area (TPSA) is 87.1 Å². The number of ether oxygens (including phenoxy) is 1. The number of hydrogen-bond donors (Lipinski definition) is 2.